The van der Waals surface area contributed by atoms with Gasteiger partial charge in [-0.3, -0.25) is 4.79 Å². The number of likely N-dealkylation sites (tertiary alicyclic amines) is 1. The Hall–Kier alpha value is -0.570. The Kier molecular flexibility index (Phi) is 2.05. The molecular formula is C9H16N2O. The van der Waals surface area contributed by atoms with Crippen LogP contribution in [0.25, 0.3) is 0 Å². The van der Waals surface area contributed by atoms with Gasteiger partial charge in [-0.1, -0.05) is 0 Å². The predicted octanol–water partition coefficient (Wildman–Crippen LogP) is 0.346. The Morgan fingerprint density at radius 2 is 1.92 bits per heavy atom. The molecule has 0 aromatic rings. The summed E-state index contributed by atoms with van der Waals surface area (Å²) in [6, 6.07) is -0.192. The van der Waals surface area contributed by atoms with Crippen molar-refractivity contribution in [3.8, 4) is 0 Å². The van der Waals surface area contributed by atoms with Gasteiger partial charge in [0.25, 0.3) is 0 Å². The van der Waals surface area contributed by atoms with E-state index in [9.17, 15) is 4.79 Å². The first-order valence-electron chi connectivity index (χ1n) is 4.83. The highest BCUT2D eigenvalue weighted by molar-refractivity contribution is 5.82. The third-order valence-corrected chi connectivity index (χ3v) is 2.83. The zero-order valence-electron chi connectivity index (χ0n) is 7.33. The van der Waals surface area contributed by atoms with Crippen molar-refractivity contribution in [2.75, 3.05) is 13.1 Å². The van der Waals surface area contributed by atoms with Gasteiger partial charge in [-0.25, -0.2) is 0 Å². The highest BCUT2D eigenvalue weighted by Crippen LogP contribution is 2.32. The minimum atomic E-state index is -0.192. The van der Waals surface area contributed by atoms with Crippen molar-refractivity contribution in [2.24, 2.45) is 11.7 Å². The van der Waals surface area contributed by atoms with Gasteiger partial charge in [-0.05, 0) is 31.6 Å². The molecular weight excluding hydrogens is 152 g/mol. The molecule has 1 saturated carbocycles. The van der Waals surface area contributed by atoms with Gasteiger partial charge in [0, 0.05) is 13.1 Å². The third-order valence-electron chi connectivity index (χ3n) is 2.83. The second-order valence-electron chi connectivity index (χ2n) is 3.90. The highest BCUT2D eigenvalue weighted by Gasteiger charge is 2.35. The van der Waals surface area contributed by atoms with Crippen molar-refractivity contribution in [1.82, 2.24) is 4.90 Å². The molecule has 2 aliphatic rings. The maximum absolute atomic E-state index is 11.6. The molecule has 1 heterocycles. The van der Waals surface area contributed by atoms with E-state index >= 15 is 0 Å². The molecule has 3 nitrogen and oxygen atoms in total. The molecule has 2 N–H and O–H groups in total. The van der Waals surface area contributed by atoms with Gasteiger partial charge in [-0.15, -0.1) is 0 Å². The standard InChI is InChI=1S/C9H16N2O/c10-8(7-3-4-7)9(12)11-5-1-2-6-11/h7-8H,1-6,10H2/t8-/m1/s1. The van der Waals surface area contributed by atoms with Crippen molar-refractivity contribution in [3.63, 3.8) is 0 Å². The topological polar surface area (TPSA) is 46.3 Å². The predicted molar refractivity (Wildman–Crippen MR) is 46.5 cm³/mol. The van der Waals surface area contributed by atoms with Gasteiger partial charge in [0.1, 0.15) is 0 Å². The molecule has 1 aliphatic carbocycles. The van der Waals surface area contributed by atoms with Crippen LogP contribution in [0.5, 0.6) is 0 Å². The molecule has 12 heavy (non-hydrogen) atoms. The molecule has 0 aromatic heterocycles. The first-order valence-corrected chi connectivity index (χ1v) is 4.83. The maximum atomic E-state index is 11.6. The number of carbonyl (C=O) groups is 1. The fourth-order valence-electron chi connectivity index (χ4n) is 1.81. The summed E-state index contributed by atoms with van der Waals surface area (Å²) in [6.45, 7) is 1.86. The van der Waals surface area contributed by atoms with Crippen molar-refractivity contribution >= 4 is 5.91 Å². The first-order chi connectivity index (χ1) is 5.79. The summed E-state index contributed by atoms with van der Waals surface area (Å²) in [5.41, 5.74) is 5.81. The van der Waals surface area contributed by atoms with E-state index in [-0.39, 0.29) is 11.9 Å². The lowest BCUT2D eigenvalue weighted by molar-refractivity contribution is -0.131. The second kappa shape index (κ2) is 3.05. The van der Waals surface area contributed by atoms with E-state index in [0.717, 1.165) is 38.8 Å². The number of carbonyl (C=O) groups excluding carboxylic acids is 1. The van der Waals surface area contributed by atoms with Crippen LogP contribution in [0, 0.1) is 5.92 Å². The van der Waals surface area contributed by atoms with Gasteiger partial charge in [0.05, 0.1) is 6.04 Å². The fourth-order valence-corrected chi connectivity index (χ4v) is 1.81. The van der Waals surface area contributed by atoms with Crippen LogP contribution in [0.1, 0.15) is 25.7 Å². The molecule has 2 rings (SSSR count). The average Bonchev–Trinajstić information content (AvgIpc) is 2.79. The zero-order valence-corrected chi connectivity index (χ0v) is 7.33. The minimum absolute atomic E-state index is 0.190. The summed E-state index contributed by atoms with van der Waals surface area (Å²) in [7, 11) is 0. The van der Waals surface area contributed by atoms with Crippen LogP contribution in [-0.4, -0.2) is 29.9 Å². The molecule has 2 fully saturated rings. The van der Waals surface area contributed by atoms with Crippen LogP contribution in [0.15, 0.2) is 0 Å². The van der Waals surface area contributed by atoms with Crippen LogP contribution in [-0.2, 0) is 4.79 Å². The summed E-state index contributed by atoms with van der Waals surface area (Å²) in [6.07, 6.45) is 4.62. The minimum Gasteiger partial charge on any atom is -0.341 e. The normalized spacial score (nSPS) is 25.9. The van der Waals surface area contributed by atoms with Crippen LogP contribution < -0.4 is 5.73 Å². The number of hydrogen-bond donors (Lipinski definition) is 1. The van der Waals surface area contributed by atoms with Crippen molar-refractivity contribution < 1.29 is 4.79 Å². The summed E-state index contributed by atoms with van der Waals surface area (Å²) in [5, 5.41) is 0. The number of hydrogen-bond acceptors (Lipinski definition) is 2. The van der Waals surface area contributed by atoms with E-state index in [4.69, 9.17) is 5.73 Å². The van der Waals surface area contributed by atoms with Gasteiger partial charge in [-0.2, -0.15) is 0 Å². The lowest BCUT2D eigenvalue weighted by Gasteiger charge is -2.19. The molecule has 1 atom stereocenters. The summed E-state index contributed by atoms with van der Waals surface area (Å²) >= 11 is 0. The van der Waals surface area contributed by atoms with Gasteiger partial charge >= 0.3 is 0 Å². The Bertz CT molecular complexity index is 179. The second-order valence-corrected chi connectivity index (χ2v) is 3.90. The Morgan fingerprint density at radius 1 is 1.33 bits per heavy atom. The fraction of sp³-hybridized carbons (Fsp3) is 0.889. The van der Waals surface area contributed by atoms with Crippen LogP contribution >= 0.6 is 0 Å². The summed E-state index contributed by atoms with van der Waals surface area (Å²) in [5.74, 6) is 0.688. The average molecular weight is 168 g/mol. The molecule has 0 unspecified atom stereocenters. The molecule has 0 radical (unpaired) electrons. The summed E-state index contributed by atoms with van der Waals surface area (Å²) in [4.78, 5) is 13.5. The van der Waals surface area contributed by atoms with Crippen LogP contribution in [0.2, 0.25) is 0 Å². The van der Waals surface area contributed by atoms with E-state index < -0.39 is 0 Å². The Morgan fingerprint density at radius 3 is 2.42 bits per heavy atom. The number of amides is 1. The van der Waals surface area contributed by atoms with E-state index in [1.165, 1.54) is 0 Å². The lowest BCUT2D eigenvalue weighted by Crippen LogP contribution is -2.43. The SMILES string of the molecule is N[C@@H](C(=O)N1CCCC1)C1CC1. The Balaban J connectivity index is 1.88. The monoisotopic (exact) mass is 168 g/mol. The molecule has 68 valence electrons. The first kappa shape index (κ1) is 8.05. The lowest BCUT2D eigenvalue weighted by atomic mass is 10.2. The van der Waals surface area contributed by atoms with Crippen LogP contribution in [0.4, 0.5) is 0 Å². The molecule has 1 saturated heterocycles. The van der Waals surface area contributed by atoms with Gasteiger partial charge < -0.3 is 10.6 Å². The highest BCUT2D eigenvalue weighted by atomic mass is 16.2. The third kappa shape index (κ3) is 1.46. The smallest absolute Gasteiger partial charge is 0.239 e. The van der Waals surface area contributed by atoms with E-state index in [1.54, 1.807) is 0 Å². The summed E-state index contributed by atoms with van der Waals surface area (Å²) < 4.78 is 0. The van der Waals surface area contributed by atoms with Gasteiger partial charge in [0.2, 0.25) is 5.91 Å². The zero-order chi connectivity index (χ0) is 8.55. The van der Waals surface area contributed by atoms with Crippen molar-refractivity contribution in [1.29, 1.82) is 0 Å². The maximum Gasteiger partial charge on any atom is 0.239 e. The van der Waals surface area contributed by atoms with Crippen LogP contribution in [0.3, 0.4) is 0 Å². The number of nitrogens with two attached hydrogens (primary N) is 1. The molecule has 1 amide bonds. The molecule has 0 spiro atoms. The van der Waals surface area contributed by atoms with E-state index in [1.807, 2.05) is 4.90 Å². The Labute approximate surface area is 72.9 Å². The largest absolute Gasteiger partial charge is 0.341 e. The molecule has 0 aromatic carbocycles. The van der Waals surface area contributed by atoms with E-state index in [0.29, 0.717) is 5.92 Å². The number of nitrogens with zero attached hydrogens (tertiary/aromatic N) is 1. The van der Waals surface area contributed by atoms with Crippen molar-refractivity contribution in [2.45, 2.75) is 31.7 Å². The molecule has 3 heteroatoms. The molecule has 0 bridgehead atoms. The van der Waals surface area contributed by atoms with Crippen molar-refractivity contribution in [3.05, 3.63) is 0 Å². The quantitative estimate of drug-likeness (QED) is 0.646. The van der Waals surface area contributed by atoms with Gasteiger partial charge in [0.15, 0.2) is 0 Å². The number of rotatable bonds is 2. The van der Waals surface area contributed by atoms with E-state index in [2.05, 4.69) is 0 Å². The molecule has 1 aliphatic heterocycles.